The molecule has 1 atom stereocenters. The molecule has 2 bridgehead atoms. The third-order valence-electron chi connectivity index (χ3n) is 6.65. The summed E-state index contributed by atoms with van der Waals surface area (Å²) in [6.45, 7) is 6.86. The number of amides is 1. The zero-order valence-corrected chi connectivity index (χ0v) is 16.3. The van der Waals surface area contributed by atoms with Crippen LogP contribution in [-0.2, 0) is 0 Å². The van der Waals surface area contributed by atoms with Gasteiger partial charge in [-0.15, -0.1) is 12.4 Å². The van der Waals surface area contributed by atoms with Crippen LogP contribution in [0.1, 0.15) is 61.6 Å². The van der Waals surface area contributed by atoms with E-state index in [1.54, 1.807) is 0 Å². The molecule has 1 saturated carbocycles. The number of hydrogen-bond donors (Lipinski definition) is 1. The lowest BCUT2D eigenvalue weighted by molar-refractivity contribution is -0.0378. The van der Waals surface area contributed by atoms with E-state index in [2.05, 4.69) is 30.1 Å². The van der Waals surface area contributed by atoms with Crippen molar-refractivity contribution in [3.05, 3.63) is 35.6 Å². The molecule has 1 N–H and O–H groups in total. The average Bonchev–Trinajstić information content (AvgIpc) is 3.37. The van der Waals surface area contributed by atoms with Crippen LogP contribution in [0.25, 0.3) is 11.0 Å². The van der Waals surface area contributed by atoms with E-state index < -0.39 is 0 Å². The number of halogens is 1. The number of nitrogens with one attached hydrogen (secondary N) is 1. The first-order valence-corrected chi connectivity index (χ1v) is 9.62. The van der Waals surface area contributed by atoms with Crippen molar-refractivity contribution in [2.45, 2.75) is 57.0 Å². The fraction of sp³-hybridized carbons (Fsp3) is 0.571. The number of rotatable bonds is 3. The molecule has 3 saturated heterocycles. The van der Waals surface area contributed by atoms with Crippen molar-refractivity contribution in [1.29, 1.82) is 0 Å². The van der Waals surface area contributed by atoms with Crippen LogP contribution in [-0.4, -0.2) is 35.5 Å². The molecule has 4 nitrogen and oxygen atoms in total. The molecule has 2 aromatic rings. The van der Waals surface area contributed by atoms with Gasteiger partial charge in [0, 0.05) is 28.4 Å². The van der Waals surface area contributed by atoms with E-state index >= 15 is 0 Å². The van der Waals surface area contributed by atoms with Crippen molar-refractivity contribution in [2.75, 3.05) is 13.1 Å². The maximum absolute atomic E-state index is 12.9. The maximum Gasteiger partial charge on any atom is 0.251 e. The molecule has 1 aromatic carbocycles. The van der Waals surface area contributed by atoms with Crippen LogP contribution in [0, 0.1) is 5.92 Å². The van der Waals surface area contributed by atoms with Crippen LogP contribution in [0.2, 0.25) is 0 Å². The Hall–Kier alpha value is -1.52. The van der Waals surface area contributed by atoms with Gasteiger partial charge in [0.15, 0.2) is 0 Å². The second kappa shape index (κ2) is 6.28. The largest absolute Gasteiger partial charge is 0.461 e. The van der Waals surface area contributed by atoms with E-state index in [1.807, 2.05) is 18.2 Å². The number of carbonyl (C=O) groups is 1. The fourth-order valence-corrected chi connectivity index (χ4v) is 4.88. The van der Waals surface area contributed by atoms with E-state index in [4.69, 9.17) is 4.42 Å². The summed E-state index contributed by atoms with van der Waals surface area (Å²) in [6, 6.07) is 8.16. The van der Waals surface area contributed by atoms with Gasteiger partial charge in [0.2, 0.25) is 0 Å². The van der Waals surface area contributed by atoms with Gasteiger partial charge in [0.05, 0.1) is 0 Å². The molecular weight excluding hydrogens is 348 g/mol. The highest BCUT2D eigenvalue weighted by Gasteiger charge is 2.48. The minimum atomic E-state index is 0. The molecule has 6 rings (SSSR count). The van der Waals surface area contributed by atoms with Crippen LogP contribution in [0.5, 0.6) is 0 Å². The van der Waals surface area contributed by atoms with Gasteiger partial charge in [-0.05, 0) is 82.8 Å². The Morgan fingerprint density at radius 3 is 2.54 bits per heavy atom. The SMILES string of the molecule is CC1(C)[C@H](NC(=O)c2ccc3oc(C4CC4)cc3c2)C2CCN1CC2.Cl. The quantitative estimate of drug-likeness (QED) is 0.869. The smallest absolute Gasteiger partial charge is 0.251 e. The number of nitrogens with zero attached hydrogens (tertiary/aromatic N) is 1. The third-order valence-corrected chi connectivity index (χ3v) is 6.65. The maximum atomic E-state index is 12.9. The van der Waals surface area contributed by atoms with Gasteiger partial charge in [0.25, 0.3) is 5.91 Å². The van der Waals surface area contributed by atoms with E-state index in [0.29, 0.717) is 11.8 Å². The Labute approximate surface area is 160 Å². The number of hydrogen-bond acceptors (Lipinski definition) is 3. The summed E-state index contributed by atoms with van der Waals surface area (Å²) in [6.07, 6.45) is 4.84. The van der Waals surface area contributed by atoms with Gasteiger partial charge in [-0.2, -0.15) is 0 Å². The van der Waals surface area contributed by atoms with Gasteiger partial charge in [-0.25, -0.2) is 0 Å². The Balaban J connectivity index is 0.00000168. The highest BCUT2D eigenvalue weighted by Crippen LogP contribution is 2.42. The van der Waals surface area contributed by atoms with Crippen molar-refractivity contribution in [3.63, 3.8) is 0 Å². The summed E-state index contributed by atoms with van der Waals surface area (Å²) in [5, 5.41) is 4.40. The third kappa shape index (κ3) is 2.84. The van der Waals surface area contributed by atoms with Gasteiger partial charge in [-0.3, -0.25) is 9.69 Å². The van der Waals surface area contributed by atoms with E-state index in [-0.39, 0.29) is 29.9 Å². The van der Waals surface area contributed by atoms with Gasteiger partial charge >= 0.3 is 0 Å². The van der Waals surface area contributed by atoms with Crippen molar-refractivity contribution in [3.8, 4) is 0 Å². The summed E-state index contributed by atoms with van der Waals surface area (Å²) in [7, 11) is 0. The van der Waals surface area contributed by atoms with E-state index in [9.17, 15) is 4.79 Å². The molecule has 0 unspecified atom stereocenters. The lowest BCUT2D eigenvalue weighted by Crippen LogP contribution is -2.69. The number of furan rings is 1. The van der Waals surface area contributed by atoms with Gasteiger partial charge in [0.1, 0.15) is 11.3 Å². The summed E-state index contributed by atoms with van der Waals surface area (Å²) >= 11 is 0. The van der Waals surface area contributed by atoms with Crippen LogP contribution < -0.4 is 5.32 Å². The normalized spacial score (nSPS) is 29.4. The molecule has 26 heavy (non-hydrogen) atoms. The Kier molecular flexibility index (Phi) is 4.31. The fourth-order valence-electron chi connectivity index (χ4n) is 4.88. The zero-order valence-electron chi connectivity index (χ0n) is 15.5. The number of benzene rings is 1. The lowest BCUT2D eigenvalue weighted by atomic mass is 9.72. The number of fused-ring (bicyclic) bond motifs is 4. The first kappa shape index (κ1) is 17.9. The number of carbonyl (C=O) groups excluding carboxylic acids is 1. The van der Waals surface area contributed by atoms with Crippen molar-refractivity contribution < 1.29 is 9.21 Å². The monoisotopic (exact) mass is 374 g/mol. The van der Waals surface area contributed by atoms with Crippen LogP contribution in [0.4, 0.5) is 0 Å². The van der Waals surface area contributed by atoms with E-state index in [1.165, 1.54) is 25.7 Å². The molecule has 3 aliphatic heterocycles. The number of piperidine rings is 3. The molecule has 0 spiro atoms. The molecule has 4 aliphatic rings. The second-order valence-electron chi connectivity index (χ2n) is 8.60. The highest BCUT2D eigenvalue weighted by molar-refractivity contribution is 5.98. The molecule has 0 radical (unpaired) electrons. The summed E-state index contributed by atoms with van der Waals surface area (Å²) in [4.78, 5) is 15.4. The summed E-state index contributed by atoms with van der Waals surface area (Å²) in [5.74, 6) is 2.31. The lowest BCUT2D eigenvalue weighted by Gasteiger charge is -2.56. The van der Waals surface area contributed by atoms with Crippen LogP contribution >= 0.6 is 12.4 Å². The molecule has 5 heteroatoms. The topological polar surface area (TPSA) is 45.5 Å². The Morgan fingerprint density at radius 1 is 1.15 bits per heavy atom. The van der Waals surface area contributed by atoms with E-state index in [0.717, 1.165) is 35.4 Å². The van der Waals surface area contributed by atoms with Crippen molar-refractivity contribution >= 4 is 29.3 Å². The standard InChI is InChI=1S/C21H26N2O2.ClH/c1-21(2)19(14-7-9-23(21)10-8-14)22-20(24)15-5-6-17-16(11-15)12-18(25-17)13-3-4-13;/h5-6,11-14,19H,3-4,7-10H2,1-2H3,(H,22,24);1H/t19-;/m1./s1. The molecule has 140 valence electrons. The Morgan fingerprint density at radius 2 is 1.88 bits per heavy atom. The second-order valence-corrected chi connectivity index (χ2v) is 8.60. The summed E-state index contributed by atoms with van der Waals surface area (Å²) < 4.78 is 5.91. The minimum Gasteiger partial charge on any atom is -0.461 e. The minimum absolute atomic E-state index is 0. The molecular formula is C21H27ClN2O2. The van der Waals surface area contributed by atoms with Gasteiger partial charge in [-0.1, -0.05) is 0 Å². The first-order chi connectivity index (χ1) is 12.0. The molecule has 4 heterocycles. The molecule has 1 amide bonds. The first-order valence-electron chi connectivity index (χ1n) is 9.62. The van der Waals surface area contributed by atoms with Crippen molar-refractivity contribution in [2.24, 2.45) is 5.92 Å². The predicted molar refractivity (Wildman–Crippen MR) is 105 cm³/mol. The molecule has 1 aromatic heterocycles. The van der Waals surface area contributed by atoms with Gasteiger partial charge < -0.3 is 9.73 Å². The summed E-state index contributed by atoms with van der Waals surface area (Å²) in [5.41, 5.74) is 1.67. The predicted octanol–water partition coefficient (Wildman–Crippen LogP) is 4.33. The Bertz CT molecular complexity index is 832. The van der Waals surface area contributed by atoms with Crippen LogP contribution in [0.15, 0.2) is 28.7 Å². The highest BCUT2D eigenvalue weighted by atomic mass is 35.5. The average molecular weight is 375 g/mol. The zero-order chi connectivity index (χ0) is 17.2. The molecule has 1 aliphatic carbocycles. The van der Waals surface area contributed by atoms with Crippen LogP contribution in [0.3, 0.4) is 0 Å². The van der Waals surface area contributed by atoms with Crippen molar-refractivity contribution in [1.82, 2.24) is 10.2 Å². The molecule has 4 fully saturated rings.